The van der Waals surface area contributed by atoms with Gasteiger partial charge in [0.05, 0.1) is 5.69 Å². The van der Waals surface area contributed by atoms with Crippen molar-refractivity contribution in [1.29, 1.82) is 0 Å². The van der Waals surface area contributed by atoms with Crippen LogP contribution in [0.1, 0.15) is 20.8 Å². The monoisotopic (exact) mass is 402 g/mol. The molecule has 20 heavy (non-hydrogen) atoms. The standard InChI is InChI=1S/C14H16Br2N2O2/c1-7(2)12-14(20)18(8(3)13(19)17-12)11-6-9(15)4-5-10(11)16/h4-8,12H,1-3H3,(H,17,19). The highest BCUT2D eigenvalue weighted by atomic mass is 79.9. The Morgan fingerprint density at radius 3 is 2.50 bits per heavy atom. The van der Waals surface area contributed by atoms with Crippen LogP contribution in [0.25, 0.3) is 0 Å². The third-order valence-corrected chi connectivity index (χ3v) is 4.57. The number of nitrogens with one attached hydrogen (secondary N) is 1. The van der Waals surface area contributed by atoms with E-state index in [1.807, 2.05) is 32.0 Å². The van der Waals surface area contributed by atoms with Gasteiger partial charge in [-0.15, -0.1) is 0 Å². The van der Waals surface area contributed by atoms with E-state index in [9.17, 15) is 9.59 Å². The number of carbonyl (C=O) groups excluding carboxylic acids is 2. The summed E-state index contributed by atoms with van der Waals surface area (Å²) in [6.45, 7) is 5.58. The molecule has 1 aromatic rings. The molecule has 0 spiro atoms. The summed E-state index contributed by atoms with van der Waals surface area (Å²) in [6, 6.07) is 4.57. The summed E-state index contributed by atoms with van der Waals surface area (Å²) in [5.41, 5.74) is 0.706. The predicted octanol–water partition coefficient (Wildman–Crippen LogP) is 3.09. The van der Waals surface area contributed by atoms with Crippen LogP contribution in [0.5, 0.6) is 0 Å². The Kier molecular flexibility index (Phi) is 4.54. The van der Waals surface area contributed by atoms with Gasteiger partial charge in [-0.25, -0.2) is 0 Å². The van der Waals surface area contributed by atoms with Gasteiger partial charge in [0.15, 0.2) is 0 Å². The molecule has 4 nitrogen and oxygen atoms in total. The quantitative estimate of drug-likeness (QED) is 0.824. The Hall–Kier alpha value is -0.880. The molecule has 0 radical (unpaired) electrons. The topological polar surface area (TPSA) is 49.4 Å². The fraction of sp³-hybridized carbons (Fsp3) is 0.429. The Morgan fingerprint density at radius 2 is 1.90 bits per heavy atom. The maximum atomic E-state index is 12.7. The summed E-state index contributed by atoms with van der Waals surface area (Å²) < 4.78 is 1.65. The second kappa shape index (κ2) is 5.85. The molecule has 2 unspecified atom stereocenters. The van der Waals surface area contributed by atoms with Crippen molar-refractivity contribution in [1.82, 2.24) is 5.32 Å². The van der Waals surface area contributed by atoms with Gasteiger partial charge in [0, 0.05) is 8.95 Å². The lowest BCUT2D eigenvalue weighted by atomic mass is 9.98. The molecule has 2 rings (SSSR count). The van der Waals surface area contributed by atoms with Gasteiger partial charge in [-0.1, -0.05) is 29.8 Å². The summed E-state index contributed by atoms with van der Waals surface area (Å²) in [5.74, 6) is -0.159. The average Bonchev–Trinajstić information content (AvgIpc) is 2.37. The zero-order valence-electron chi connectivity index (χ0n) is 11.5. The largest absolute Gasteiger partial charge is 0.342 e. The molecule has 2 amide bonds. The molecule has 0 saturated carbocycles. The van der Waals surface area contributed by atoms with Crippen LogP contribution in [0.4, 0.5) is 5.69 Å². The van der Waals surface area contributed by atoms with Crippen LogP contribution >= 0.6 is 31.9 Å². The van der Waals surface area contributed by atoms with Gasteiger partial charge in [0.2, 0.25) is 5.91 Å². The van der Waals surface area contributed by atoms with Gasteiger partial charge < -0.3 is 5.32 Å². The fourth-order valence-electron chi connectivity index (χ4n) is 2.24. The number of hydrogen-bond acceptors (Lipinski definition) is 2. The van der Waals surface area contributed by atoms with Crippen molar-refractivity contribution < 1.29 is 9.59 Å². The zero-order chi connectivity index (χ0) is 15.0. The maximum Gasteiger partial charge on any atom is 0.250 e. The summed E-state index contributed by atoms with van der Waals surface area (Å²) in [5, 5.41) is 2.79. The number of nitrogens with zero attached hydrogens (tertiary/aromatic N) is 1. The van der Waals surface area contributed by atoms with E-state index in [0.717, 1.165) is 8.95 Å². The third-order valence-electron chi connectivity index (χ3n) is 3.40. The number of carbonyl (C=O) groups is 2. The van der Waals surface area contributed by atoms with Crippen molar-refractivity contribution >= 4 is 49.4 Å². The van der Waals surface area contributed by atoms with Gasteiger partial charge in [0.25, 0.3) is 5.91 Å². The molecule has 1 aliphatic rings. The van der Waals surface area contributed by atoms with E-state index < -0.39 is 12.1 Å². The summed E-state index contributed by atoms with van der Waals surface area (Å²) in [4.78, 5) is 26.3. The van der Waals surface area contributed by atoms with Gasteiger partial charge in [-0.05, 0) is 47.0 Å². The highest BCUT2D eigenvalue weighted by molar-refractivity contribution is 9.11. The number of amides is 2. The van der Waals surface area contributed by atoms with Crippen LogP contribution in [0.15, 0.2) is 27.1 Å². The Bertz CT molecular complexity index is 560. The molecule has 6 heteroatoms. The van der Waals surface area contributed by atoms with E-state index in [2.05, 4.69) is 37.2 Å². The highest BCUT2D eigenvalue weighted by Crippen LogP contribution is 2.33. The van der Waals surface area contributed by atoms with Crippen LogP contribution in [-0.2, 0) is 9.59 Å². The number of rotatable bonds is 2. The first-order chi connectivity index (χ1) is 9.32. The Labute approximate surface area is 135 Å². The van der Waals surface area contributed by atoms with Crippen molar-refractivity contribution in [2.75, 3.05) is 4.90 Å². The predicted molar refractivity (Wildman–Crippen MR) is 85.6 cm³/mol. The molecule has 1 saturated heterocycles. The van der Waals surface area contributed by atoms with Gasteiger partial charge >= 0.3 is 0 Å². The second-order valence-electron chi connectivity index (χ2n) is 5.21. The minimum atomic E-state index is -0.525. The van der Waals surface area contributed by atoms with Crippen LogP contribution < -0.4 is 10.2 Å². The highest BCUT2D eigenvalue weighted by Gasteiger charge is 2.40. The van der Waals surface area contributed by atoms with Crippen molar-refractivity contribution in [2.45, 2.75) is 32.9 Å². The SMILES string of the molecule is CC(C)C1NC(=O)C(C)N(c2cc(Br)ccc2Br)C1=O. The minimum absolute atomic E-state index is 0.0485. The molecule has 108 valence electrons. The Morgan fingerprint density at radius 1 is 1.25 bits per heavy atom. The smallest absolute Gasteiger partial charge is 0.250 e. The van der Waals surface area contributed by atoms with Crippen LogP contribution in [0.2, 0.25) is 0 Å². The van der Waals surface area contributed by atoms with Crippen molar-refractivity contribution in [2.24, 2.45) is 5.92 Å². The van der Waals surface area contributed by atoms with E-state index in [-0.39, 0.29) is 17.7 Å². The first-order valence-corrected chi connectivity index (χ1v) is 8.00. The number of halogens is 2. The molecule has 1 N–H and O–H groups in total. The van der Waals surface area contributed by atoms with Gasteiger partial charge in [0.1, 0.15) is 12.1 Å². The zero-order valence-corrected chi connectivity index (χ0v) is 14.7. The number of hydrogen-bond donors (Lipinski definition) is 1. The summed E-state index contributed by atoms with van der Waals surface area (Å²) >= 11 is 6.85. The summed E-state index contributed by atoms with van der Waals surface area (Å²) in [6.07, 6.45) is 0. The summed E-state index contributed by atoms with van der Waals surface area (Å²) in [7, 11) is 0. The van der Waals surface area contributed by atoms with E-state index in [1.54, 1.807) is 11.8 Å². The normalized spacial score (nSPS) is 23.2. The molecule has 1 heterocycles. The lowest BCUT2D eigenvalue weighted by Crippen LogP contribution is -2.64. The molecular weight excluding hydrogens is 388 g/mol. The molecule has 1 fully saturated rings. The second-order valence-corrected chi connectivity index (χ2v) is 6.98. The van der Waals surface area contributed by atoms with E-state index >= 15 is 0 Å². The van der Waals surface area contributed by atoms with E-state index in [1.165, 1.54) is 0 Å². The molecule has 1 aromatic carbocycles. The van der Waals surface area contributed by atoms with Crippen molar-refractivity contribution in [3.05, 3.63) is 27.1 Å². The molecule has 0 bridgehead atoms. The minimum Gasteiger partial charge on any atom is -0.342 e. The van der Waals surface area contributed by atoms with Crippen LogP contribution in [0, 0.1) is 5.92 Å². The first kappa shape index (κ1) is 15.5. The fourth-order valence-corrected chi connectivity index (χ4v) is 3.03. The number of anilines is 1. The first-order valence-electron chi connectivity index (χ1n) is 6.41. The van der Waals surface area contributed by atoms with Crippen molar-refractivity contribution in [3.8, 4) is 0 Å². The van der Waals surface area contributed by atoms with Crippen LogP contribution in [0.3, 0.4) is 0 Å². The van der Waals surface area contributed by atoms with Gasteiger partial charge in [-0.3, -0.25) is 14.5 Å². The number of benzene rings is 1. The lowest BCUT2D eigenvalue weighted by molar-refractivity contribution is -0.134. The molecule has 0 aromatic heterocycles. The molecule has 2 atom stereocenters. The lowest BCUT2D eigenvalue weighted by Gasteiger charge is -2.39. The van der Waals surface area contributed by atoms with Crippen molar-refractivity contribution in [3.63, 3.8) is 0 Å². The average molecular weight is 404 g/mol. The van der Waals surface area contributed by atoms with E-state index in [4.69, 9.17) is 0 Å². The van der Waals surface area contributed by atoms with Gasteiger partial charge in [-0.2, -0.15) is 0 Å². The molecule has 0 aliphatic carbocycles. The third kappa shape index (κ3) is 2.76. The van der Waals surface area contributed by atoms with Crippen LogP contribution in [-0.4, -0.2) is 23.9 Å². The van der Waals surface area contributed by atoms with E-state index in [0.29, 0.717) is 5.69 Å². The molecule has 1 aliphatic heterocycles. The molecular formula is C14H16Br2N2O2. The number of piperazine rings is 1. The Balaban J connectivity index is 2.48. The maximum absolute atomic E-state index is 12.7.